The zero-order valence-corrected chi connectivity index (χ0v) is 11.1. The maximum absolute atomic E-state index is 2.56. The molecule has 1 heterocycles. The van der Waals surface area contributed by atoms with Gasteiger partial charge in [-0.15, -0.1) is 23.5 Å². The van der Waals surface area contributed by atoms with Crippen LogP contribution in [0, 0.1) is 16.7 Å². The first kappa shape index (κ1) is 9.89. The molecule has 14 heavy (non-hydrogen) atoms. The fourth-order valence-corrected chi connectivity index (χ4v) is 8.56. The Morgan fingerprint density at radius 1 is 1.07 bits per heavy atom. The van der Waals surface area contributed by atoms with Crippen LogP contribution in [0.3, 0.4) is 0 Å². The Morgan fingerprint density at radius 2 is 1.71 bits per heavy atom. The Kier molecular flexibility index (Phi) is 1.90. The van der Waals surface area contributed by atoms with Crippen LogP contribution in [0.5, 0.6) is 0 Å². The van der Waals surface area contributed by atoms with E-state index < -0.39 is 0 Å². The molecule has 0 aromatic rings. The molecule has 0 N–H and O–H groups in total. The minimum absolute atomic E-state index is 0.572. The summed E-state index contributed by atoms with van der Waals surface area (Å²) in [6, 6.07) is 0. The molecule has 1 saturated heterocycles. The molecule has 0 amide bonds. The molecule has 2 unspecified atom stereocenters. The van der Waals surface area contributed by atoms with Gasteiger partial charge in [-0.1, -0.05) is 20.8 Å². The van der Waals surface area contributed by atoms with Crippen molar-refractivity contribution < 1.29 is 0 Å². The Balaban J connectivity index is 2.09. The van der Waals surface area contributed by atoms with E-state index in [1.165, 1.54) is 30.8 Å². The second kappa shape index (κ2) is 2.68. The van der Waals surface area contributed by atoms with Crippen LogP contribution in [0.15, 0.2) is 0 Å². The average Bonchev–Trinajstić information content (AvgIpc) is 2.72. The van der Waals surface area contributed by atoms with Crippen molar-refractivity contribution in [3.8, 4) is 0 Å². The topological polar surface area (TPSA) is 0 Å². The van der Waals surface area contributed by atoms with Crippen LogP contribution in [0.4, 0.5) is 0 Å². The molecule has 0 nitrogen and oxygen atoms in total. The molecule has 2 atom stereocenters. The van der Waals surface area contributed by atoms with Gasteiger partial charge in [0, 0.05) is 11.5 Å². The van der Waals surface area contributed by atoms with E-state index in [1.54, 1.807) is 0 Å². The van der Waals surface area contributed by atoms with Crippen LogP contribution < -0.4 is 0 Å². The van der Waals surface area contributed by atoms with Crippen molar-refractivity contribution in [2.45, 2.75) is 44.1 Å². The van der Waals surface area contributed by atoms with Gasteiger partial charge in [0.1, 0.15) is 0 Å². The molecule has 0 radical (unpaired) electrons. The van der Waals surface area contributed by atoms with Gasteiger partial charge in [-0.25, -0.2) is 0 Å². The summed E-state index contributed by atoms with van der Waals surface area (Å²) < 4.78 is 0.572. The minimum Gasteiger partial charge on any atom is -0.142 e. The van der Waals surface area contributed by atoms with Crippen LogP contribution >= 0.6 is 23.5 Å². The minimum atomic E-state index is 0.572. The number of thioether (sulfide) groups is 2. The first-order valence-electron chi connectivity index (χ1n) is 5.80. The van der Waals surface area contributed by atoms with E-state index in [0.29, 0.717) is 14.9 Å². The molecule has 2 aliphatic carbocycles. The van der Waals surface area contributed by atoms with Crippen molar-refractivity contribution in [3.05, 3.63) is 0 Å². The van der Waals surface area contributed by atoms with Gasteiger partial charge in [0.15, 0.2) is 0 Å². The highest BCUT2D eigenvalue weighted by atomic mass is 32.2. The van der Waals surface area contributed by atoms with Crippen LogP contribution in [0.25, 0.3) is 0 Å². The summed E-state index contributed by atoms with van der Waals surface area (Å²) in [5.74, 6) is 3.78. The smallest absolute Gasteiger partial charge is 0.0718 e. The Bertz CT molecular complexity index is 259. The SMILES string of the molecule is CC12CCC(C1)C(C)(C)C21SCCS1. The summed E-state index contributed by atoms with van der Waals surface area (Å²) in [6.45, 7) is 7.63. The van der Waals surface area contributed by atoms with Gasteiger partial charge in [0.2, 0.25) is 0 Å². The van der Waals surface area contributed by atoms with Crippen LogP contribution in [-0.2, 0) is 0 Å². The second-order valence-corrected chi connectivity index (χ2v) is 8.91. The Morgan fingerprint density at radius 3 is 2.21 bits per heavy atom. The highest BCUT2D eigenvalue weighted by Crippen LogP contribution is 2.77. The van der Waals surface area contributed by atoms with E-state index in [4.69, 9.17) is 0 Å². The van der Waals surface area contributed by atoms with Crippen molar-refractivity contribution in [1.82, 2.24) is 0 Å². The third kappa shape index (κ3) is 0.870. The van der Waals surface area contributed by atoms with Crippen LogP contribution in [0.1, 0.15) is 40.0 Å². The van der Waals surface area contributed by atoms with Gasteiger partial charge in [-0.05, 0) is 36.0 Å². The lowest BCUT2D eigenvalue weighted by molar-refractivity contribution is 0.174. The molecule has 1 spiro atoms. The molecule has 0 aromatic heterocycles. The highest BCUT2D eigenvalue weighted by molar-refractivity contribution is 8.21. The number of rotatable bonds is 0. The van der Waals surface area contributed by atoms with Gasteiger partial charge in [-0.3, -0.25) is 0 Å². The lowest BCUT2D eigenvalue weighted by atomic mass is 9.71. The van der Waals surface area contributed by atoms with Crippen molar-refractivity contribution in [1.29, 1.82) is 0 Å². The van der Waals surface area contributed by atoms with Gasteiger partial charge in [0.05, 0.1) is 4.08 Å². The fourth-order valence-electron chi connectivity index (χ4n) is 4.34. The standard InChI is InChI=1S/C12H20S2/c1-10(2)9-4-5-11(3,8-9)12(10)13-6-7-14-12/h9H,4-8H2,1-3H3. The van der Waals surface area contributed by atoms with Crippen LogP contribution in [0.2, 0.25) is 0 Å². The second-order valence-electron chi connectivity index (χ2n) is 6.04. The molecule has 3 fully saturated rings. The Hall–Kier alpha value is 0.700. The molecule has 1 aliphatic heterocycles. The van der Waals surface area contributed by atoms with Crippen molar-refractivity contribution in [2.24, 2.45) is 16.7 Å². The maximum atomic E-state index is 2.56. The third-order valence-corrected chi connectivity index (χ3v) is 9.73. The van der Waals surface area contributed by atoms with Crippen molar-refractivity contribution >= 4 is 23.5 Å². The van der Waals surface area contributed by atoms with E-state index in [-0.39, 0.29) is 0 Å². The van der Waals surface area contributed by atoms with Gasteiger partial charge in [-0.2, -0.15) is 0 Å². The summed E-state index contributed by atoms with van der Waals surface area (Å²) in [4.78, 5) is 0. The predicted octanol–water partition coefficient (Wildman–Crippen LogP) is 4.01. The van der Waals surface area contributed by atoms with Gasteiger partial charge in [0.25, 0.3) is 0 Å². The molecular weight excluding hydrogens is 208 g/mol. The van der Waals surface area contributed by atoms with E-state index in [1.807, 2.05) is 0 Å². The zero-order valence-electron chi connectivity index (χ0n) is 9.43. The van der Waals surface area contributed by atoms with E-state index >= 15 is 0 Å². The maximum Gasteiger partial charge on any atom is 0.0718 e. The van der Waals surface area contributed by atoms with Crippen LogP contribution in [-0.4, -0.2) is 15.6 Å². The molecule has 2 saturated carbocycles. The summed E-state index contributed by atoms with van der Waals surface area (Å²) >= 11 is 4.57. The molecule has 3 aliphatic rings. The lowest BCUT2D eigenvalue weighted by Crippen LogP contribution is -2.47. The first-order chi connectivity index (χ1) is 6.52. The normalized spacial score (nSPS) is 47.8. The molecule has 2 bridgehead atoms. The van der Waals surface area contributed by atoms with Crippen molar-refractivity contribution in [2.75, 3.05) is 11.5 Å². The average molecular weight is 228 g/mol. The third-order valence-electron chi connectivity index (χ3n) is 5.10. The Labute approximate surface area is 96.0 Å². The van der Waals surface area contributed by atoms with E-state index in [9.17, 15) is 0 Å². The van der Waals surface area contributed by atoms with E-state index in [2.05, 4.69) is 44.3 Å². The fraction of sp³-hybridized carbons (Fsp3) is 1.00. The largest absolute Gasteiger partial charge is 0.142 e. The molecule has 80 valence electrons. The quantitative estimate of drug-likeness (QED) is 0.614. The first-order valence-corrected chi connectivity index (χ1v) is 7.77. The lowest BCUT2D eigenvalue weighted by Gasteiger charge is -2.50. The number of fused-ring (bicyclic) bond motifs is 3. The monoisotopic (exact) mass is 228 g/mol. The summed E-state index contributed by atoms with van der Waals surface area (Å²) in [5, 5.41) is 0. The molecule has 0 aromatic carbocycles. The van der Waals surface area contributed by atoms with Crippen molar-refractivity contribution in [3.63, 3.8) is 0 Å². The number of hydrogen-bond donors (Lipinski definition) is 0. The summed E-state index contributed by atoms with van der Waals surface area (Å²) in [5.41, 5.74) is 1.22. The highest BCUT2D eigenvalue weighted by Gasteiger charge is 2.70. The van der Waals surface area contributed by atoms with Gasteiger partial charge >= 0.3 is 0 Å². The zero-order chi connectivity index (χ0) is 10.0. The summed E-state index contributed by atoms with van der Waals surface area (Å²) in [7, 11) is 0. The molecule has 2 heteroatoms. The molecule has 3 rings (SSSR count). The predicted molar refractivity (Wildman–Crippen MR) is 66.9 cm³/mol. The van der Waals surface area contributed by atoms with E-state index in [0.717, 1.165) is 5.92 Å². The van der Waals surface area contributed by atoms with Gasteiger partial charge < -0.3 is 0 Å². The number of hydrogen-bond acceptors (Lipinski definition) is 2. The summed E-state index contributed by atoms with van der Waals surface area (Å²) in [6.07, 6.45) is 4.48. The molecular formula is C12H20S2.